The van der Waals surface area contributed by atoms with Crippen molar-refractivity contribution >= 4 is 22.8 Å². The molecule has 0 aromatic carbocycles. The van der Waals surface area contributed by atoms with E-state index in [-0.39, 0.29) is 12.2 Å². The molecule has 2 heterocycles. The van der Waals surface area contributed by atoms with Gasteiger partial charge in [-0.05, 0) is 0 Å². The predicted molar refractivity (Wildman–Crippen MR) is 46.7 cm³/mol. The second-order valence-corrected chi connectivity index (χ2v) is 3.32. The summed E-state index contributed by atoms with van der Waals surface area (Å²) in [6, 6.07) is 0. The number of carbonyl (C=O) groups excluding carboxylic acids is 1. The number of nitrogens with one attached hydrogen (secondary N) is 2. The molecular formula is C6H8N4O2S. The van der Waals surface area contributed by atoms with Crippen molar-refractivity contribution in [3.8, 4) is 0 Å². The van der Waals surface area contributed by atoms with Gasteiger partial charge >= 0.3 is 6.09 Å². The molecule has 1 aromatic heterocycles. The average molecular weight is 200 g/mol. The first kappa shape index (κ1) is 8.24. The van der Waals surface area contributed by atoms with Gasteiger partial charge in [-0.15, -0.1) is 0 Å². The van der Waals surface area contributed by atoms with Crippen LogP contribution in [0.4, 0.5) is 9.93 Å². The van der Waals surface area contributed by atoms with E-state index >= 15 is 0 Å². The topological polar surface area (TPSA) is 76.1 Å². The summed E-state index contributed by atoms with van der Waals surface area (Å²) in [7, 11) is 0. The van der Waals surface area contributed by atoms with Crippen LogP contribution in [0.5, 0.6) is 0 Å². The zero-order chi connectivity index (χ0) is 9.10. The van der Waals surface area contributed by atoms with Gasteiger partial charge in [0.05, 0.1) is 13.1 Å². The fraction of sp³-hybridized carbons (Fsp3) is 0.500. The molecular weight excluding hydrogens is 192 g/mol. The highest BCUT2D eigenvalue weighted by Gasteiger charge is 2.21. The Hall–Kier alpha value is -1.37. The lowest BCUT2D eigenvalue weighted by Crippen LogP contribution is -2.23. The summed E-state index contributed by atoms with van der Waals surface area (Å²) in [5, 5.41) is 6.32. The molecule has 2 N–H and O–H groups in total. The molecule has 0 unspecified atom stereocenters. The maximum Gasteiger partial charge on any atom is 0.407 e. The summed E-state index contributed by atoms with van der Waals surface area (Å²) >= 11 is 1.27. The average Bonchev–Trinajstić information content (AvgIpc) is 2.71. The molecule has 1 fully saturated rings. The number of hydrogen-bond donors (Lipinski definition) is 2. The van der Waals surface area contributed by atoms with Crippen LogP contribution in [0.1, 0.15) is 0 Å². The maximum atomic E-state index is 10.6. The highest BCUT2D eigenvalue weighted by atomic mass is 32.1. The number of alkyl carbamates (subject to hydrolysis) is 1. The Balaban J connectivity index is 1.77. The Morgan fingerprint density at radius 1 is 1.85 bits per heavy atom. The van der Waals surface area contributed by atoms with Crippen molar-refractivity contribution in [1.29, 1.82) is 0 Å². The van der Waals surface area contributed by atoms with Gasteiger partial charge < -0.3 is 15.4 Å². The van der Waals surface area contributed by atoms with Crippen molar-refractivity contribution in [2.45, 2.75) is 6.10 Å². The Labute approximate surface area is 78.5 Å². The van der Waals surface area contributed by atoms with E-state index < -0.39 is 0 Å². The van der Waals surface area contributed by atoms with E-state index in [0.29, 0.717) is 13.1 Å². The first-order valence-corrected chi connectivity index (χ1v) is 4.57. The van der Waals surface area contributed by atoms with Gasteiger partial charge in [0.15, 0.2) is 0 Å². The summed E-state index contributed by atoms with van der Waals surface area (Å²) in [6.07, 6.45) is 1.01. The fourth-order valence-corrected chi connectivity index (χ4v) is 1.43. The third-order valence-electron chi connectivity index (χ3n) is 1.59. The zero-order valence-electron chi connectivity index (χ0n) is 6.69. The number of anilines is 1. The van der Waals surface area contributed by atoms with Crippen molar-refractivity contribution in [2.75, 3.05) is 18.4 Å². The van der Waals surface area contributed by atoms with Gasteiger partial charge in [0, 0.05) is 11.5 Å². The monoisotopic (exact) mass is 200 g/mol. The van der Waals surface area contributed by atoms with E-state index in [0.717, 1.165) is 5.13 Å². The van der Waals surface area contributed by atoms with Crippen molar-refractivity contribution in [3.63, 3.8) is 0 Å². The van der Waals surface area contributed by atoms with Crippen molar-refractivity contribution in [1.82, 2.24) is 14.7 Å². The van der Waals surface area contributed by atoms with Gasteiger partial charge in [0.1, 0.15) is 12.4 Å². The molecule has 6 nitrogen and oxygen atoms in total. The van der Waals surface area contributed by atoms with Crippen LogP contribution in [-0.2, 0) is 4.74 Å². The second-order valence-electron chi connectivity index (χ2n) is 2.54. The summed E-state index contributed by atoms with van der Waals surface area (Å²) in [6.45, 7) is 1.11. The van der Waals surface area contributed by atoms with Crippen LogP contribution >= 0.6 is 11.5 Å². The summed E-state index contributed by atoms with van der Waals surface area (Å²) in [5.74, 6) is 0. The van der Waals surface area contributed by atoms with Crippen molar-refractivity contribution in [2.24, 2.45) is 0 Å². The minimum atomic E-state index is -0.357. The zero-order valence-corrected chi connectivity index (χ0v) is 7.50. The van der Waals surface area contributed by atoms with Crippen LogP contribution in [0.15, 0.2) is 6.33 Å². The summed E-state index contributed by atoms with van der Waals surface area (Å²) in [4.78, 5) is 14.6. The van der Waals surface area contributed by atoms with E-state index in [2.05, 4.69) is 20.0 Å². The van der Waals surface area contributed by atoms with Gasteiger partial charge in [-0.3, -0.25) is 0 Å². The van der Waals surface area contributed by atoms with Crippen LogP contribution in [0.2, 0.25) is 0 Å². The molecule has 1 aliphatic rings. The number of aromatic nitrogens is 2. The highest BCUT2D eigenvalue weighted by Crippen LogP contribution is 2.08. The Morgan fingerprint density at radius 3 is 3.38 bits per heavy atom. The third kappa shape index (κ3) is 2.05. The van der Waals surface area contributed by atoms with Gasteiger partial charge in [0.25, 0.3) is 0 Å². The molecule has 0 spiro atoms. The lowest BCUT2D eigenvalue weighted by Gasteiger charge is -2.06. The number of carbonyl (C=O) groups is 1. The number of cyclic esters (lactones) is 1. The van der Waals surface area contributed by atoms with E-state index in [4.69, 9.17) is 4.74 Å². The van der Waals surface area contributed by atoms with E-state index in [1.165, 1.54) is 17.9 Å². The largest absolute Gasteiger partial charge is 0.442 e. The van der Waals surface area contributed by atoms with Crippen LogP contribution in [0, 0.1) is 0 Å². The maximum absolute atomic E-state index is 10.6. The smallest absolute Gasteiger partial charge is 0.407 e. The fourth-order valence-electron chi connectivity index (χ4n) is 0.998. The van der Waals surface area contributed by atoms with Crippen LogP contribution in [-0.4, -0.2) is 34.6 Å². The molecule has 0 radical (unpaired) electrons. The Morgan fingerprint density at radius 2 is 2.77 bits per heavy atom. The first-order chi connectivity index (χ1) is 6.34. The van der Waals surface area contributed by atoms with Gasteiger partial charge in [-0.25, -0.2) is 9.78 Å². The van der Waals surface area contributed by atoms with Gasteiger partial charge in [0.2, 0.25) is 5.13 Å². The summed E-state index contributed by atoms with van der Waals surface area (Å²) < 4.78 is 8.73. The molecule has 1 amide bonds. The molecule has 1 aliphatic heterocycles. The van der Waals surface area contributed by atoms with E-state index in [1.807, 2.05) is 0 Å². The molecule has 70 valence electrons. The minimum absolute atomic E-state index is 0.114. The molecule has 7 heteroatoms. The van der Waals surface area contributed by atoms with Gasteiger partial charge in [-0.1, -0.05) is 0 Å². The molecule has 0 saturated carbocycles. The highest BCUT2D eigenvalue weighted by molar-refractivity contribution is 7.09. The van der Waals surface area contributed by atoms with Crippen LogP contribution in [0.3, 0.4) is 0 Å². The molecule has 0 aliphatic carbocycles. The number of nitrogens with zero attached hydrogens (tertiary/aromatic N) is 2. The molecule has 1 saturated heterocycles. The number of amides is 1. The van der Waals surface area contributed by atoms with Crippen LogP contribution < -0.4 is 10.6 Å². The van der Waals surface area contributed by atoms with E-state index in [1.54, 1.807) is 0 Å². The molecule has 1 aromatic rings. The summed E-state index contributed by atoms with van der Waals surface area (Å²) in [5.41, 5.74) is 0. The minimum Gasteiger partial charge on any atom is -0.442 e. The third-order valence-corrected chi connectivity index (χ3v) is 2.21. The SMILES string of the molecule is O=C1NC[C@@H](CNc2ncns2)O1. The second kappa shape index (κ2) is 3.56. The first-order valence-electron chi connectivity index (χ1n) is 3.79. The number of hydrogen-bond acceptors (Lipinski definition) is 6. The molecule has 0 bridgehead atoms. The van der Waals surface area contributed by atoms with E-state index in [9.17, 15) is 4.79 Å². The normalized spacial score (nSPS) is 20.9. The lowest BCUT2D eigenvalue weighted by atomic mass is 10.4. The van der Waals surface area contributed by atoms with Crippen LogP contribution in [0.25, 0.3) is 0 Å². The molecule has 13 heavy (non-hydrogen) atoms. The van der Waals surface area contributed by atoms with Crippen molar-refractivity contribution in [3.05, 3.63) is 6.33 Å². The molecule has 1 atom stereocenters. The Kier molecular flexibility index (Phi) is 2.26. The predicted octanol–water partition coefficient (Wildman–Crippen LogP) is 0.0584. The number of ether oxygens (including phenoxy) is 1. The molecule has 2 rings (SSSR count). The number of rotatable bonds is 3. The lowest BCUT2D eigenvalue weighted by molar-refractivity contribution is 0.145. The standard InChI is InChI=1S/C6H8N4O2S/c11-6-8-2-4(12-6)1-7-5-9-3-10-13-5/h3-4H,1-2H2,(H,8,11)(H,7,9,10)/t4-/m1/s1. The van der Waals surface area contributed by atoms with Crippen molar-refractivity contribution < 1.29 is 9.53 Å². The van der Waals surface area contributed by atoms with Gasteiger partial charge in [-0.2, -0.15) is 4.37 Å². The quantitative estimate of drug-likeness (QED) is 0.721. The Bertz CT molecular complexity index is 289.